The van der Waals surface area contributed by atoms with E-state index in [1.54, 1.807) is 6.20 Å². The van der Waals surface area contributed by atoms with Crippen LogP contribution in [0.25, 0.3) is 22.4 Å². The molecule has 2 fully saturated rings. The first kappa shape index (κ1) is 23.6. The Morgan fingerprint density at radius 1 is 0.971 bits per heavy atom. The molecule has 2 aromatic carbocycles. The number of nitrogens with one attached hydrogen (secondary N) is 1. The van der Waals surface area contributed by atoms with Crippen molar-refractivity contribution in [3.05, 3.63) is 60.6 Å². The Hall–Kier alpha value is -3.10. The highest BCUT2D eigenvalue weighted by molar-refractivity contribution is 6.62. The van der Waals surface area contributed by atoms with Gasteiger partial charge in [0.2, 0.25) is 0 Å². The summed E-state index contributed by atoms with van der Waals surface area (Å²) < 4.78 is 12.3. The molecule has 0 unspecified atom stereocenters. The fraction of sp³-hybridized carbons (Fsp3) is 0.407. The van der Waals surface area contributed by atoms with Crippen LogP contribution < -0.4 is 5.46 Å². The van der Waals surface area contributed by atoms with E-state index in [0.29, 0.717) is 5.82 Å². The van der Waals surface area contributed by atoms with Crippen LogP contribution in [0.5, 0.6) is 0 Å². The van der Waals surface area contributed by atoms with E-state index in [1.807, 2.05) is 6.92 Å². The minimum absolute atomic E-state index is 0.00138. The molecule has 35 heavy (non-hydrogen) atoms. The third-order valence-electron chi connectivity index (χ3n) is 7.77. The van der Waals surface area contributed by atoms with Crippen LogP contribution in [0.2, 0.25) is 0 Å². The quantitative estimate of drug-likeness (QED) is 0.506. The van der Waals surface area contributed by atoms with E-state index in [2.05, 4.69) is 86.2 Å². The summed E-state index contributed by atoms with van der Waals surface area (Å²) in [4.78, 5) is 21.0. The Morgan fingerprint density at radius 2 is 1.51 bits per heavy atom. The van der Waals surface area contributed by atoms with Gasteiger partial charge in [0.05, 0.1) is 29.1 Å². The number of aromatic amines is 1. The van der Waals surface area contributed by atoms with Crippen molar-refractivity contribution in [1.29, 1.82) is 0 Å². The van der Waals surface area contributed by atoms with Gasteiger partial charge in [-0.2, -0.15) is 0 Å². The van der Waals surface area contributed by atoms with Crippen molar-refractivity contribution >= 4 is 18.7 Å². The molecule has 0 spiro atoms. The summed E-state index contributed by atoms with van der Waals surface area (Å²) in [5.74, 6) is 0.703. The third-order valence-corrected chi connectivity index (χ3v) is 7.77. The van der Waals surface area contributed by atoms with Gasteiger partial charge in [-0.05, 0) is 69.6 Å². The lowest BCUT2D eigenvalue weighted by Crippen LogP contribution is -2.41. The number of hydrogen-bond acceptors (Lipinski definition) is 4. The fourth-order valence-corrected chi connectivity index (χ4v) is 4.88. The van der Waals surface area contributed by atoms with Gasteiger partial charge >= 0.3 is 13.2 Å². The van der Waals surface area contributed by atoms with E-state index in [9.17, 15) is 9.90 Å². The van der Waals surface area contributed by atoms with Crippen molar-refractivity contribution in [3.63, 3.8) is 0 Å². The average Bonchev–Trinajstić information content (AvgIpc) is 3.50. The number of imidazole rings is 1. The number of aromatic nitrogens is 2. The molecule has 1 aromatic heterocycles. The minimum Gasteiger partial charge on any atom is -0.465 e. The molecule has 0 saturated carbocycles. The van der Waals surface area contributed by atoms with E-state index in [-0.39, 0.29) is 30.4 Å². The summed E-state index contributed by atoms with van der Waals surface area (Å²) in [5.41, 5.74) is 4.39. The van der Waals surface area contributed by atoms with Gasteiger partial charge in [-0.1, -0.05) is 48.5 Å². The summed E-state index contributed by atoms with van der Waals surface area (Å²) in [6.07, 6.45) is 2.51. The Bertz CT molecular complexity index is 1200. The number of hydrogen-bond donors (Lipinski definition) is 2. The van der Waals surface area contributed by atoms with Crippen molar-refractivity contribution in [2.75, 3.05) is 0 Å². The maximum absolute atomic E-state index is 11.7. The van der Waals surface area contributed by atoms with Gasteiger partial charge in [0, 0.05) is 6.04 Å². The van der Waals surface area contributed by atoms with Crippen molar-refractivity contribution in [2.24, 2.45) is 0 Å². The molecular weight excluding hydrogens is 441 g/mol. The number of rotatable bonds is 4. The predicted molar refractivity (Wildman–Crippen MR) is 136 cm³/mol. The van der Waals surface area contributed by atoms with Crippen LogP contribution in [-0.2, 0) is 9.31 Å². The number of amides is 1. The van der Waals surface area contributed by atoms with Gasteiger partial charge in [-0.15, -0.1) is 0 Å². The average molecular weight is 473 g/mol. The molecular formula is C27H32BN3O4. The first-order valence-corrected chi connectivity index (χ1v) is 12.2. The van der Waals surface area contributed by atoms with E-state index < -0.39 is 6.09 Å². The molecule has 0 bridgehead atoms. The molecule has 0 radical (unpaired) electrons. The van der Waals surface area contributed by atoms with Gasteiger partial charge in [-0.3, -0.25) is 4.90 Å². The largest absolute Gasteiger partial charge is 0.494 e. The molecule has 2 atom stereocenters. The van der Waals surface area contributed by atoms with Crippen LogP contribution in [0.3, 0.4) is 0 Å². The second-order valence-corrected chi connectivity index (χ2v) is 10.6. The molecule has 3 heterocycles. The van der Waals surface area contributed by atoms with Crippen molar-refractivity contribution in [3.8, 4) is 22.4 Å². The number of carboxylic acid groups (broad SMARTS) is 1. The second kappa shape index (κ2) is 8.54. The molecule has 182 valence electrons. The Labute approximate surface area is 206 Å². The highest BCUT2D eigenvalue weighted by Gasteiger charge is 2.51. The zero-order chi connectivity index (χ0) is 25.0. The van der Waals surface area contributed by atoms with E-state index in [4.69, 9.17) is 9.31 Å². The number of H-pyrrole nitrogens is 1. The predicted octanol–water partition coefficient (Wildman–Crippen LogP) is 5.25. The highest BCUT2D eigenvalue weighted by atomic mass is 16.7. The molecule has 3 aromatic rings. The molecule has 2 saturated heterocycles. The van der Waals surface area contributed by atoms with Crippen LogP contribution in [-0.4, -0.2) is 50.4 Å². The topological polar surface area (TPSA) is 87.7 Å². The molecule has 1 amide bonds. The van der Waals surface area contributed by atoms with Crippen LogP contribution in [0.1, 0.15) is 59.3 Å². The SMILES string of the molecule is C[C@H]1CC[C@@H](c2ncc(-c3ccc(-c4ccc(B5OC(C)(C)C(C)(C)O5)cc4)cc3)[nH]2)N1C(=O)O. The lowest BCUT2D eigenvalue weighted by Gasteiger charge is -2.32. The zero-order valence-electron chi connectivity index (χ0n) is 20.9. The molecule has 7 nitrogen and oxygen atoms in total. The van der Waals surface area contributed by atoms with Crippen LogP contribution in [0.4, 0.5) is 4.79 Å². The Kier molecular flexibility index (Phi) is 5.76. The molecule has 5 rings (SSSR count). The molecule has 2 N–H and O–H groups in total. The molecule has 2 aliphatic heterocycles. The fourth-order valence-electron chi connectivity index (χ4n) is 4.88. The maximum Gasteiger partial charge on any atom is 0.494 e. The standard InChI is InChI=1S/C27H32BN3O4/c1-17-6-15-23(31(17)25(32)33)24-29-16-22(30-24)20-9-7-18(8-10-20)19-11-13-21(14-12-19)28-34-26(2,3)27(4,5)35-28/h7-14,16-17,23H,6,15H2,1-5H3,(H,29,30)(H,32,33)/t17-,23-/m0/s1. The highest BCUT2D eigenvalue weighted by Crippen LogP contribution is 2.37. The van der Waals surface area contributed by atoms with E-state index >= 15 is 0 Å². The van der Waals surface area contributed by atoms with Crippen LogP contribution in [0.15, 0.2) is 54.7 Å². The molecule has 8 heteroatoms. The smallest absolute Gasteiger partial charge is 0.465 e. The van der Waals surface area contributed by atoms with Gasteiger partial charge in [0.15, 0.2) is 0 Å². The number of nitrogens with zero attached hydrogens (tertiary/aromatic N) is 2. The number of likely N-dealkylation sites (tertiary alicyclic amines) is 1. The summed E-state index contributed by atoms with van der Waals surface area (Å²) in [7, 11) is -0.370. The monoisotopic (exact) mass is 473 g/mol. The van der Waals surface area contributed by atoms with E-state index in [0.717, 1.165) is 40.7 Å². The normalized spacial score (nSPS) is 23.1. The van der Waals surface area contributed by atoms with Crippen molar-refractivity contribution in [1.82, 2.24) is 14.9 Å². The Morgan fingerprint density at radius 3 is 2.09 bits per heavy atom. The van der Waals surface area contributed by atoms with E-state index in [1.165, 1.54) is 4.90 Å². The van der Waals surface area contributed by atoms with Crippen molar-refractivity contribution < 1.29 is 19.2 Å². The lowest BCUT2D eigenvalue weighted by atomic mass is 9.78. The summed E-state index contributed by atoms with van der Waals surface area (Å²) in [6, 6.07) is 16.4. The number of carbonyl (C=O) groups is 1. The van der Waals surface area contributed by atoms with Gasteiger partial charge in [-0.25, -0.2) is 9.78 Å². The van der Waals surface area contributed by atoms with Gasteiger partial charge < -0.3 is 19.4 Å². The molecule has 2 aliphatic rings. The van der Waals surface area contributed by atoms with Gasteiger partial charge in [0.25, 0.3) is 0 Å². The zero-order valence-corrected chi connectivity index (χ0v) is 20.9. The van der Waals surface area contributed by atoms with Crippen molar-refractivity contribution in [2.45, 2.75) is 70.7 Å². The third kappa shape index (κ3) is 4.25. The second-order valence-electron chi connectivity index (χ2n) is 10.6. The first-order valence-electron chi connectivity index (χ1n) is 12.2. The minimum atomic E-state index is -0.896. The molecule has 0 aliphatic carbocycles. The van der Waals surface area contributed by atoms with Crippen LogP contribution >= 0.6 is 0 Å². The summed E-state index contributed by atoms with van der Waals surface area (Å²) in [6.45, 7) is 10.2. The summed E-state index contributed by atoms with van der Waals surface area (Å²) in [5, 5.41) is 9.57. The first-order chi connectivity index (χ1) is 16.6. The lowest BCUT2D eigenvalue weighted by molar-refractivity contribution is 0.00578. The van der Waals surface area contributed by atoms with Crippen LogP contribution in [0, 0.1) is 0 Å². The van der Waals surface area contributed by atoms with Gasteiger partial charge in [0.1, 0.15) is 5.82 Å². The Balaban J connectivity index is 1.30. The maximum atomic E-state index is 11.7. The number of benzene rings is 2. The summed E-state index contributed by atoms with van der Waals surface area (Å²) >= 11 is 0.